The molecule has 0 spiro atoms. The molecular weight excluding hydrogens is 290 g/mol. The van der Waals surface area contributed by atoms with Gasteiger partial charge < -0.3 is 14.8 Å². The second-order valence-corrected chi connectivity index (χ2v) is 6.56. The molecule has 2 aromatic rings. The maximum Gasteiger partial charge on any atom is 0.268 e. The number of amides is 1. The highest BCUT2D eigenvalue weighted by atomic mass is 16.5. The standard InChI is InChI=1S/C19H19NO3/c1-19(2)18(21)20-16-6-5-13(10-17(16)23-19)12-3-4-15-11-22-8-7-14(15)9-12/h3-6,9-10H,7-8,11H2,1-2H3,(H,20,21). The lowest BCUT2D eigenvalue weighted by molar-refractivity contribution is -0.129. The maximum atomic E-state index is 11.9. The lowest BCUT2D eigenvalue weighted by Crippen LogP contribution is -2.45. The summed E-state index contributed by atoms with van der Waals surface area (Å²) < 4.78 is 11.4. The van der Waals surface area contributed by atoms with E-state index in [1.807, 2.05) is 18.2 Å². The molecule has 0 unspecified atom stereocenters. The van der Waals surface area contributed by atoms with Gasteiger partial charge in [0.25, 0.3) is 5.91 Å². The zero-order valence-corrected chi connectivity index (χ0v) is 13.3. The number of carbonyl (C=O) groups is 1. The van der Waals surface area contributed by atoms with E-state index < -0.39 is 5.60 Å². The number of hydrogen-bond acceptors (Lipinski definition) is 3. The van der Waals surface area contributed by atoms with Gasteiger partial charge in [-0.3, -0.25) is 4.79 Å². The van der Waals surface area contributed by atoms with Gasteiger partial charge in [0.1, 0.15) is 5.75 Å². The van der Waals surface area contributed by atoms with E-state index in [2.05, 4.69) is 23.5 Å². The van der Waals surface area contributed by atoms with Crippen molar-refractivity contribution in [2.75, 3.05) is 11.9 Å². The van der Waals surface area contributed by atoms with Crippen molar-refractivity contribution < 1.29 is 14.3 Å². The summed E-state index contributed by atoms with van der Waals surface area (Å²) in [6.07, 6.45) is 0.952. The third-order valence-corrected chi connectivity index (χ3v) is 4.45. The Bertz CT molecular complexity index is 795. The van der Waals surface area contributed by atoms with Crippen molar-refractivity contribution in [3.63, 3.8) is 0 Å². The summed E-state index contributed by atoms with van der Waals surface area (Å²) in [5.41, 5.74) is 4.74. The minimum atomic E-state index is -0.848. The Kier molecular flexibility index (Phi) is 3.16. The minimum Gasteiger partial charge on any atom is -0.476 e. The number of benzene rings is 2. The first kappa shape index (κ1) is 14.3. The number of fused-ring (bicyclic) bond motifs is 2. The molecule has 1 amide bonds. The van der Waals surface area contributed by atoms with E-state index in [-0.39, 0.29) is 5.91 Å². The van der Waals surface area contributed by atoms with Crippen LogP contribution in [0.1, 0.15) is 25.0 Å². The monoisotopic (exact) mass is 309 g/mol. The van der Waals surface area contributed by atoms with Crippen LogP contribution in [0.25, 0.3) is 11.1 Å². The Morgan fingerprint density at radius 1 is 1.04 bits per heavy atom. The Morgan fingerprint density at radius 2 is 1.83 bits per heavy atom. The molecule has 0 radical (unpaired) electrons. The Balaban J connectivity index is 1.72. The van der Waals surface area contributed by atoms with Gasteiger partial charge in [0.05, 0.1) is 18.9 Å². The second kappa shape index (κ2) is 5.10. The smallest absolute Gasteiger partial charge is 0.268 e. The third kappa shape index (κ3) is 2.49. The van der Waals surface area contributed by atoms with Crippen LogP contribution in [0.2, 0.25) is 0 Å². The molecule has 1 N–H and O–H groups in total. The summed E-state index contributed by atoms with van der Waals surface area (Å²) in [7, 11) is 0. The highest BCUT2D eigenvalue weighted by Gasteiger charge is 2.35. The Labute approximate surface area is 135 Å². The van der Waals surface area contributed by atoms with Crippen LogP contribution in [0, 0.1) is 0 Å². The van der Waals surface area contributed by atoms with Gasteiger partial charge in [-0.25, -0.2) is 0 Å². The van der Waals surface area contributed by atoms with Crippen LogP contribution in [0.15, 0.2) is 36.4 Å². The molecule has 118 valence electrons. The maximum absolute atomic E-state index is 11.9. The van der Waals surface area contributed by atoms with Crippen molar-refractivity contribution in [2.24, 2.45) is 0 Å². The predicted octanol–water partition coefficient (Wildman–Crippen LogP) is 3.54. The van der Waals surface area contributed by atoms with E-state index in [0.29, 0.717) is 12.4 Å². The van der Waals surface area contributed by atoms with Gasteiger partial charge in [-0.05, 0) is 54.7 Å². The predicted molar refractivity (Wildman–Crippen MR) is 88.6 cm³/mol. The van der Waals surface area contributed by atoms with E-state index in [1.54, 1.807) is 13.8 Å². The molecule has 0 fully saturated rings. The summed E-state index contributed by atoms with van der Waals surface area (Å²) >= 11 is 0. The van der Waals surface area contributed by atoms with Gasteiger partial charge in [-0.15, -0.1) is 0 Å². The average Bonchev–Trinajstić information content (AvgIpc) is 2.55. The molecule has 2 aliphatic heterocycles. The molecule has 4 rings (SSSR count). The molecular formula is C19H19NO3. The molecule has 0 saturated carbocycles. The first-order valence-electron chi connectivity index (χ1n) is 7.87. The first-order chi connectivity index (χ1) is 11.0. The highest BCUT2D eigenvalue weighted by molar-refractivity contribution is 6.00. The van der Waals surface area contributed by atoms with Crippen LogP contribution in [0.3, 0.4) is 0 Å². The van der Waals surface area contributed by atoms with Gasteiger partial charge in [-0.2, -0.15) is 0 Å². The number of carbonyl (C=O) groups excluding carboxylic acids is 1. The fourth-order valence-electron chi connectivity index (χ4n) is 3.03. The highest BCUT2D eigenvalue weighted by Crippen LogP contribution is 2.37. The molecule has 4 heteroatoms. The molecule has 2 heterocycles. The van der Waals surface area contributed by atoms with Crippen LogP contribution in [0.5, 0.6) is 5.75 Å². The van der Waals surface area contributed by atoms with Gasteiger partial charge in [-0.1, -0.05) is 24.3 Å². The molecule has 0 bridgehead atoms. The average molecular weight is 309 g/mol. The third-order valence-electron chi connectivity index (χ3n) is 4.45. The minimum absolute atomic E-state index is 0.119. The van der Waals surface area contributed by atoms with Gasteiger partial charge >= 0.3 is 0 Å². The molecule has 0 atom stereocenters. The molecule has 0 aromatic heterocycles. The van der Waals surface area contributed by atoms with Gasteiger partial charge in [0.2, 0.25) is 0 Å². The summed E-state index contributed by atoms with van der Waals surface area (Å²) in [6, 6.07) is 12.4. The number of ether oxygens (including phenoxy) is 2. The van der Waals surface area contributed by atoms with E-state index >= 15 is 0 Å². The summed E-state index contributed by atoms with van der Waals surface area (Å²) in [4.78, 5) is 11.9. The van der Waals surface area contributed by atoms with E-state index in [4.69, 9.17) is 9.47 Å². The van der Waals surface area contributed by atoms with Crippen molar-refractivity contribution in [3.8, 4) is 16.9 Å². The molecule has 2 aliphatic rings. The Morgan fingerprint density at radius 3 is 2.70 bits per heavy atom. The van der Waals surface area contributed by atoms with E-state index in [1.165, 1.54) is 11.1 Å². The van der Waals surface area contributed by atoms with Crippen LogP contribution in [-0.4, -0.2) is 18.1 Å². The summed E-state index contributed by atoms with van der Waals surface area (Å²) in [5.74, 6) is 0.597. The van der Waals surface area contributed by atoms with E-state index in [9.17, 15) is 4.79 Å². The number of anilines is 1. The Hall–Kier alpha value is -2.33. The van der Waals surface area contributed by atoms with Gasteiger partial charge in [0.15, 0.2) is 5.60 Å². The van der Waals surface area contributed by atoms with Gasteiger partial charge in [0, 0.05) is 0 Å². The zero-order chi connectivity index (χ0) is 16.0. The SMILES string of the molecule is CC1(C)Oc2cc(-c3ccc4c(c3)CCOC4)ccc2NC1=O. The fraction of sp³-hybridized carbons (Fsp3) is 0.316. The fourth-order valence-corrected chi connectivity index (χ4v) is 3.03. The molecule has 2 aromatic carbocycles. The van der Waals surface area contributed by atoms with Crippen LogP contribution >= 0.6 is 0 Å². The van der Waals surface area contributed by atoms with Crippen LogP contribution in [0.4, 0.5) is 5.69 Å². The number of hydrogen-bond donors (Lipinski definition) is 1. The van der Waals surface area contributed by atoms with Crippen molar-refractivity contribution in [3.05, 3.63) is 47.5 Å². The van der Waals surface area contributed by atoms with E-state index in [0.717, 1.165) is 29.8 Å². The van der Waals surface area contributed by atoms with Crippen molar-refractivity contribution in [1.82, 2.24) is 0 Å². The van der Waals surface area contributed by atoms with Crippen molar-refractivity contribution in [1.29, 1.82) is 0 Å². The topological polar surface area (TPSA) is 47.6 Å². The lowest BCUT2D eigenvalue weighted by atomic mass is 9.96. The summed E-state index contributed by atoms with van der Waals surface area (Å²) in [6.45, 7) is 5.03. The molecule has 4 nitrogen and oxygen atoms in total. The van der Waals surface area contributed by atoms with Crippen LogP contribution < -0.4 is 10.1 Å². The molecule has 0 aliphatic carbocycles. The molecule has 23 heavy (non-hydrogen) atoms. The van der Waals surface area contributed by atoms with Crippen LogP contribution in [-0.2, 0) is 22.6 Å². The zero-order valence-electron chi connectivity index (χ0n) is 13.3. The lowest BCUT2D eigenvalue weighted by Gasteiger charge is -2.31. The largest absolute Gasteiger partial charge is 0.476 e. The summed E-state index contributed by atoms with van der Waals surface area (Å²) in [5, 5.41) is 2.90. The van der Waals surface area contributed by atoms with Crippen molar-refractivity contribution >= 4 is 11.6 Å². The molecule has 0 saturated heterocycles. The first-order valence-corrected chi connectivity index (χ1v) is 7.87. The van der Waals surface area contributed by atoms with Crippen molar-refractivity contribution in [2.45, 2.75) is 32.5 Å². The normalized spacial score (nSPS) is 18.4. The number of rotatable bonds is 1. The number of nitrogens with one attached hydrogen (secondary N) is 1. The second-order valence-electron chi connectivity index (χ2n) is 6.56. The quantitative estimate of drug-likeness (QED) is 0.876.